The first kappa shape index (κ1) is 13.2. The normalized spacial score (nSPS) is 12.3. The number of aryl methyl sites for hydroxylation is 1. The molecule has 0 aliphatic rings. The van der Waals surface area contributed by atoms with E-state index in [-0.39, 0.29) is 16.7 Å². The van der Waals surface area contributed by atoms with Crippen molar-refractivity contribution >= 4 is 5.69 Å². The summed E-state index contributed by atoms with van der Waals surface area (Å²) in [6.07, 6.45) is 1.45. The van der Waals surface area contributed by atoms with E-state index in [1.165, 1.54) is 6.33 Å². The number of nitro benzene ring substituents is 1. The molecule has 100 valence electrons. The summed E-state index contributed by atoms with van der Waals surface area (Å²) in [7, 11) is 0. The van der Waals surface area contributed by atoms with Gasteiger partial charge in [0, 0.05) is 18.2 Å². The molecule has 1 heterocycles. The lowest BCUT2D eigenvalue weighted by Crippen LogP contribution is -2.19. The van der Waals surface area contributed by atoms with E-state index in [0.717, 1.165) is 11.4 Å². The summed E-state index contributed by atoms with van der Waals surface area (Å²) in [5.41, 5.74) is 1.67. The van der Waals surface area contributed by atoms with Crippen LogP contribution in [0.15, 0.2) is 24.5 Å². The number of hydrogen-bond donors (Lipinski definition) is 2. The number of nitro groups is 1. The van der Waals surface area contributed by atoms with E-state index in [4.69, 9.17) is 0 Å². The Bertz CT molecular complexity index is 568. The van der Waals surface area contributed by atoms with Gasteiger partial charge in [0.15, 0.2) is 0 Å². The molecule has 0 aliphatic carbocycles. The second-order valence-corrected chi connectivity index (χ2v) is 4.35. The Morgan fingerprint density at radius 3 is 2.95 bits per heavy atom. The van der Waals surface area contributed by atoms with Crippen LogP contribution in [0.1, 0.15) is 29.9 Å². The van der Waals surface area contributed by atoms with E-state index >= 15 is 0 Å². The molecule has 0 spiro atoms. The molecule has 0 aliphatic heterocycles. The third-order valence-corrected chi connectivity index (χ3v) is 2.93. The molecule has 7 heteroatoms. The van der Waals surface area contributed by atoms with Crippen LogP contribution in [0.4, 0.5) is 5.69 Å². The summed E-state index contributed by atoms with van der Waals surface area (Å²) >= 11 is 0. The third kappa shape index (κ3) is 3.14. The Kier molecular flexibility index (Phi) is 3.86. The number of rotatable bonds is 5. The van der Waals surface area contributed by atoms with Crippen LogP contribution in [-0.2, 0) is 6.54 Å². The number of nitrogens with one attached hydrogen (secondary N) is 2. The highest BCUT2D eigenvalue weighted by Gasteiger charge is 2.12. The summed E-state index contributed by atoms with van der Waals surface area (Å²) in [6.45, 7) is 4.21. The molecule has 1 aromatic heterocycles. The second kappa shape index (κ2) is 5.57. The molecule has 0 amide bonds. The zero-order chi connectivity index (χ0) is 13.8. The second-order valence-electron chi connectivity index (χ2n) is 4.35. The minimum atomic E-state index is -0.362. The first-order valence-electron chi connectivity index (χ1n) is 5.90. The lowest BCUT2D eigenvalue weighted by molar-refractivity contribution is -0.385. The van der Waals surface area contributed by atoms with E-state index in [0.29, 0.717) is 12.1 Å². The fourth-order valence-electron chi connectivity index (χ4n) is 1.75. The molecular formula is C12H15N5O2. The molecule has 0 saturated carbocycles. The maximum atomic E-state index is 10.9. The van der Waals surface area contributed by atoms with Crippen LogP contribution < -0.4 is 5.32 Å². The largest absolute Gasteiger partial charge is 0.303 e. The van der Waals surface area contributed by atoms with Crippen molar-refractivity contribution in [3.63, 3.8) is 0 Å². The average molecular weight is 261 g/mol. The molecule has 19 heavy (non-hydrogen) atoms. The van der Waals surface area contributed by atoms with Crippen molar-refractivity contribution in [3.8, 4) is 0 Å². The molecule has 0 radical (unpaired) electrons. The monoisotopic (exact) mass is 261 g/mol. The fourth-order valence-corrected chi connectivity index (χ4v) is 1.75. The molecule has 7 nitrogen and oxygen atoms in total. The van der Waals surface area contributed by atoms with Gasteiger partial charge in [0.25, 0.3) is 5.69 Å². The summed E-state index contributed by atoms with van der Waals surface area (Å²) in [5.74, 6) is 0.738. The topological polar surface area (TPSA) is 96.7 Å². The van der Waals surface area contributed by atoms with Crippen LogP contribution in [0.5, 0.6) is 0 Å². The molecular weight excluding hydrogens is 246 g/mol. The molecule has 2 aromatic rings. The van der Waals surface area contributed by atoms with Gasteiger partial charge in [-0.2, -0.15) is 5.10 Å². The van der Waals surface area contributed by atoms with E-state index in [1.807, 2.05) is 13.0 Å². The number of nitrogens with zero attached hydrogens (tertiary/aromatic N) is 3. The van der Waals surface area contributed by atoms with Crippen molar-refractivity contribution in [1.82, 2.24) is 20.5 Å². The summed E-state index contributed by atoms with van der Waals surface area (Å²) < 4.78 is 0. The van der Waals surface area contributed by atoms with Gasteiger partial charge in [0.05, 0.1) is 11.0 Å². The van der Waals surface area contributed by atoms with Gasteiger partial charge in [-0.15, -0.1) is 0 Å². The highest BCUT2D eigenvalue weighted by Crippen LogP contribution is 2.19. The van der Waals surface area contributed by atoms with Crippen LogP contribution in [-0.4, -0.2) is 20.1 Å². The Morgan fingerprint density at radius 1 is 1.53 bits per heavy atom. The molecule has 1 unspecified atom stereocenters. The lowest BCUT2D eigenvalue weighted by atomic mass is 10.1. The predicted molar refractivity (Wildman–Crippen MR) is 69.5 cm³/mol. The van der Waals surface area contributed by atoms with Gasteiger partial charge in [0.2, 0.25) is 0 Å². The van der Waals surface area contributed by atoms with Gasteiger partial charge in [-0.1, -0.05) is 12.1 Å². The Balaban J connectivity index is 2.04. The molecule has 0 fully saturated rings. The van der Waals surface area contributed by atoms with Crippen LogP contribution in [0.3, 0.4) is 0 Å². The standard InChI is InChI=1S/C12H15N5O2/c1-8-3-4-10(5-11(8)17(18)19)6-13-9(2)12-14-7-15-16-12/h3-5,7,9,13H,6H2,1-2H3,(H,14,15,16). The number of aromatic nitrogens is 3. The Hall–Kier alpha value is -2.28. The molecule has 2 rings (SSSR count). The van der Waals surface area contributed by atoms with E-state index in [1.54, 1.807) is 19.1 Å². The van der Waals surface area contributed by atoms with Crippen LogP contribution in [0.25, 0.3) is 0 Å². The third-order valence-electron chi connectivity index (χ3n) is 2.93. The minimum Gasteiger partial charge on any atom is -0.303 e. The number of hydrogen-bond acceptors (Lipinski definition) is 5. The van der Waals surface area contributed by atoms with Crippen molar-refractivity contribution in [1.29, 1.82) is 0 Å². The lowest BCUT2D eigenvalue weighted by Gasteiger charge is -2.11. The fraction of sp³-hybridized carbons (Fsp3) is 0.333. The summed E-state index contributed by atoms with van der Waals surface area (Å²) in [4.78, 5) is 14.5. The van der Waals surface area contributed by atoms with Gasteiger partial charge in [-0.05, 0) is 19.4 Å². The quantitative estimate of drug-likeness (QED) is 0.632. The molecule has 0 bridgehead atoms. The first-order chi connectivity index (χ1) is 9.08. The van der Waals surface area contributed by atoms with Crippen LogP contribution >= 0.6 is 0 Å². The molecule has 0 saturated heterocycles. The van der Waals surface area contributed by atoms with E-state index in [9.17, 15) is 10.1 Å². The summed E-state index contributed by atoms with van der Waals surface area (Å²) in [5, 5.41) is 20.7. The van der Waals surface area contributed by atoms with Crippen molar-refractivity contribution in [2.75, 3.05) is 0 Å². The zero-order valence-electron chi connectivity index (χ0n) is 10.8. The van der Waals surface area contributed by atoms with E-state index in [2.05, 4.69) is 20.5 Å². The minimum absolute atomic E-state index is 0.00265. The van der Waals surface area contributed by atoms with Crippen molar-refractivity contribution in [3.05, 3.63) is 51.6 Å². The number of H-pyrrole nitrogens is 1. The molecule has 1 atom stereocenters. The maximum absolute atomic E-state index is 10.9. The van der Waals surface area contributed by atoms with E-state index < -0.39 is 0 Å². The molecule has 2 N–H and O–H groups in total. The highest BCUT2D eigenvalue weighted by atomic mass is 16.6. The zero-order valence-corrected chi connectivity index (χ0v) is 10.8. The van der Waals surface area contributed by atoms with Gasteiger partial charge >= 0.3 is 0 Å². The van der Waals surface area contributed by atoms with Gasteiger partial charge in [-0.3, -0.25) is 15.2 Å². The van der Waals surface area contributed by atoms with Crippen molar-refractivity contribution < 1.29 is 4.92 Å². The summed E-state index contributed by atoms with van der Waals surface area (Å²) in [6, 6.07) is 5.23. The SMILES string of the molecule is Cc1ccc(CNC(C)c2ncn[nH]2)cc1[N+](=O)[O-]. The average Bonchev–Trinajstić information content (AvgIpc) is 2.91. The van der Waals surface area contributed by atoms with Crippen molar-refractivity contribution in [2.24, 2.45) is 0 Å². The van der Waals surface area contributed by atoms with Gasteiger partial charge in [0.1, 0.15) is 12.2 Å². The smallest absolute Gasteiger partial charge is 0.272 e. The Morgan fingerprint density at radius 2 is 2.32 bits per heavy atom. The van der Waals surface area contributed by atoms with Crippen LogP contribution in [0, 0.1) is 17.0 Å². The predicted octanol–water partition coefficient (Wildman–Crippen LogP) is 1.87. The van der Waals surface area contributed by atoms with Crippen LogP contribution in [0.2, 0.25) is 0 Å². The van der Waals surface area contributed by atoms with Gasteiger partial charge < -0.3 is 5.32 Å². The highest BCUT2D eigenvalue weighted by molar-refractivity contribution is 5.42. The maximum Gasteiger partial charge on any atom is 0.272 e. The number of aromatic amines is 1. The Labute approximate surface area is 110 Å². The first-order valence-corrected chi connectivity index (χ1v) is 5.90. The van der Waals surface area contributed by atoms with Crippen molar-refractivity contribution in [2.45, 2.75) is 26.4 Å². The number of benzene rings is 1. The van der Waals surface area contributed by atoms with Gasteiger partial charge in [-0.25, -0.2) is 4.98 Å². The molecule has 1 aromatic carbocycles.